The minimum absolute atomic E-state index is 0.0324. The van der Waals surface area contributed by atoms with Crippen LogP contribution in [0.1, 0.15) is 23.7 Å². The zero-order valence-corrected chi connectivity index (χ0v) is 10.6. The third-order valence-electron chi connectivity index (χ3n) is 2.58. The molecule has 1 amide bonds. The van der Waals surface area contributed by atoms with Gasteiger partial charge in [0, 0.05) is 31.1 Å². The lowest BCUT2D eigenvalue weighted by atomic mass is 10.1. The van der Waals surface area contributed by atoms with E-state index in [1.807, 2.05) is 0 Å². The number of carbonyl (C=O) groups excluding carboxylic acids is 1. The summed E-state index contributed by atoms with van der Waals surface area (Å²) in [5.41, 5.74) is 5.52. The zero-order chi connectivity index (χ0) is 14.4. The molecular formula is C12H17N3O4. The standard InChI is InChI=1S/C12H17N3O4/c1-2-15(4-3-11(13)14-19)12(18)8-5-9(16)7-10(17)6-8/h5-7,16-17,19H,2-4H2,1H3,(H2,13,14). The molecule has 0 aliphatic rings. The van der Waals surface area contributed by atoms with Crippen molar-refractivity contribution in [2.75, 3.05) is 13.1 Å². The van der Waals surface area contributed by atoms with Crippen LogP contribution in [-0.2, 0) is 0 Å². The van der Waals surface area contributed by atoms with Crippen molar-refractivity contribution in [3.8, 4) is 11.5 Å². The Labute approximate surface area is 110 Å². The summed E-state index contributed by atoms with van der Waals surface area (Å²) in [6.45, 7) is 2.49. The molecule has 0 radical (unpaired) electrons. The van der Waals surface area contributed by atoms with Crippen molar-refractivity contribution in [2.45, 2.75) is 13.3 Å². The monoisotopic (exact) mass is 267 g/mol. The van der Waals surface area contributed by atoms with Crippen LogP contribution in [-0.4, -0.2) is 45.2 Å². The highest BCUT2D eigenvalue weighted by atomic mass is 16.4. The Morgan fingerprint density at radius 3 is 2.37 bits per heavy atom. The van der Waals surface area contributed by atoms with Gasteiger partial charge in [0.15, 0.2) is 0 Å². The van der Waals surface area contributed by atoms with E-state index in [-0.39, 0.29) is 41.8 Å². The summed E-state index contributed by atoms with van der Waals surface area (Å²) in [4.78, 5) is 13.6. The average Bonchev–Trinajstić information content (AvgIpc) is 2.37. The largest absolute Gasteiger partial charge is 0.508 e. The average molecular weight is 267 g/mol. The van der Waals surface area contributed by atoms with Crippen LogP contribution < -0.4 is 5.73 Å². The Balaban J connectivity index is 2.83. The molecule has 0 saturated heterocycles. The number of benzene rings is 1. The Bertz CT molecular complexity index is 468. The van der Waals surface area contributed by atoms with Crippen molar-refractivity contribution in [2.24, 2.45) is 10.9 Å². The van der Waals surface area contributed by atoms with Gasteiger partial charge in [0.05, 0.1) is 0 Å². The van der Waals surface area contributed by atoms with Crippen LogP contribution in [0.3, 0.4) is 0 Å². The van der Waals surface area contributed by atoms with Gasteiger partial charge in [-0.2, -0.15) is 0 Å². The summed E-state index contributed by atoms with van der Waals surface area (Å²) in [5, 5.41) is 30.0. The van der Waals surface area contributed by atoms with Gasteiger partial charge in [0.1, 0.15) is 17.3 Å². The number of amides is 1. The van der Waals surface area contributed by atoms with E-state index < -0.39 is 0 Å². The van der Waals surface area contributed by atoms with Crippen LogP contribution in [0.5, 0.6) is 11.5 Å². The maximum atomic E-state index is 12.1. The molecule has 0 aliphatic heterocycles. The lowest BCUT2D eigenvalue weighted by molar-refractivity contribution is 0.0767. The molecule has 7 heteroatoms. The molecule has 5 N–H and O–H groups in total. The molecule has 0 atom stereocenters. The first kappa shape index (κ1) is 14.6. The number of phenolic OH excluding ortho intramolecular Hbond substituents is 2. The fourth-order valence-corrected chi connectivity index (χ4v) is 1.60. The maximum Gasteiger partial charge on any atom is 0.254 e. The number of nitrogens with zero attached hydrogens (tertiary/aromatic N) is 2. The Hall–Kier alpha value is -2.44. The molecule has 0 bridgehead atoms. The topological polar surface area (TPSA) is 119 Å². The number of carbonyl (C=O) groups is 1. The molecule has 0 spiro atoms. The van der Waals surface area contributed by atoms with E-state index >= 15 is 0 Å². The van der Waals surface area contributed by atoms with E-state index in [1.54, 1.807) is 6.92 Å². The molecule has 0 saturated carbocycles. The minimum Gasteiger partial charge on any atom is -0.508 e. The number of nitrogens with two attached hydrogens (primary N) is 1. The van der Waals surface area contributed by atoms with Crippen molar-refractivity contribution in [3.05, 3.63) is 23.8 Å². The normalized spacial score (nSPS) is 11.3. The number of rotatable bonds is 5. The molecule has 0 heterocycles. The van der Waals surface area contributed by atoms with Crippen LogP contribution in [0.4, 0.5) is 0 Å². The molecule has 1 aromatic carbocycles. The SMILES string of the molecule is CCN(CC/C(N)=N/O)C(=O)c1cc(O)cc(O)c1. The summed E-state index contributed by atoms with van der Waals surface area (Å²) in [7, 11) is 0. The van der Waals surface area contributed by atoms with Crippen molar-refractivity contribution in [1.82, 2.24) is 4.90 Å². The van der Waals surface area contributed by atoms with Crippen molar-refractivity contribution >= 4 is 11.7 Å². The van der Waals surface area contributed by atoms with Crippen LogP contribution in [0.15, 0.2) is 23.4 Å². The summed E-state index contributed by atoms with van der Waals surface area (Å²) in [6.07, 6.45) is 0.237. The second-order valence-electron chi connectivity index (χ2n) is 3.96. The molecule has 7 nitrogen and oxygen atoms in total. The first-order valence-corrected chi connectivity index (χ1v) is 5.76. The van der Waals surface area contributed by atoms with E-state index in [0.717, 1.165) is 6.07 Å². The van der Waals surface area contributed by atoms with E-state index in [4.69, 9.17) is 10.9 Å². The highest BCUT2D eigenvalue weighted by Crippen LogP contribution is 2.21. The van der Waals surface area contributed by atoms with Gasteiger partial charge in [0.25, 0.3) is 5.91 Å². The fourth-order valence-electron chi connectivity index (χ4n) is 1.60. The van der Waals surface area contributed by atoms with Crippen LogP contribution >= 0.6 is 0 Å². The van der Waals surface area contributed by atoms with Crippen LogP contribution in [0.25, 0.3) is 0 Å². The number of hydrogen-bond donors (Lipinski definition) is 4. The Kier molecular flexibility index (Phi) is 4.99. The maximum absolute atomic E-state index is 12.1. The second kappa shape index (κ2) is 6.48. The molecule has 1 aromatic rings. The van der Waals surface area contributed by atoms with Gasteiger partial charge >= 0.3 is 0 Å². The Morgan fingerprint density at radius 1 is 1.32 bits per heavy atom. The number of phenols is 2. The van der Waals surface area contributed by atoms with Gasteiger partial charge in [-0.25, -0.2) is 0 Å². The third kappa shape index (κ3) is 4.06. The van der Waals surface area contributed by atoms with E-state index in [9.17, 15) is 15.0 Å². The summed E-state index contributed by atoms with van der Waals surface area (Å²) in [5.74, 6) is -0.684. The van der Waals surface area contributed by atoms with Gasteiger partial charge < -0.3 is 26.1 Å². The van der Waals surface area contributed by atoms with Crippen LogP contribution in [0.2, 0.25) is 0 Å². The second-order valence-corrected chi connectivity index (χ2v) is 3.96. The van der Waals surface area contributed by atoms with Gasteiger partial charge in [-0.1, -0.05) is 5.16 Å². The van der Waals surface area contributed by atoms with E-state index in [1.165, 1.54) is 17.0 Å². The third-order valence-corrected chi connectivity index (χ3v) is 2.58. The van der Waals surface area contributed by atoms with Gasteiger partial charge in [-0.05, 0) is 19.1 Å². The highest BCUT2D eigenvalue weighted by Gasteiger charge is 2.16. The lowest BCUT2D eigenvalue weighted by Gasteiger charge is -2.20. The van der Waals surface area contributed by atoms with Crippen molar-refractivity contribution < 1.29 is 20.2 Å². The first-order valence-electron chi connectivity index (χ1n) is 5.76. The molecule has 104 valence electrons. The quantitative estimate of drug-likeness (QED) is 0.271. The predicted molar refractivity (Wildman–Crippen MR) is 69.4 cm³/mol. The van der Waals surface area contributed by atoms with Crippen molar-refractivity contribution in [3.63, 3.8) is 0 Å². The number of amidine groups is 1. The molecule has 0 aromatic heterocycles. The molecular weight excluding hydrogens is 250 g/mol. The van der Waals surface area contributed by atoms with Crippen LogP contribution in [0, 0.1) is 0 Å². The Morgan fingerprint density at radius 2 is 1.89 bits per heavy atom. The first-order chi connectivity index (χ1) is 8.97. The molecule has 1 rings (SSSR count). The predicted octanol–water partition coefficient (Wildman–Crippen LogP) is 0.696. The number of oxime groups is 1. The van der Waals surface area contributed by atoms with E-state index in [0.29, 0.717) is 6.54 Å². The molecule has 0 unspecified atom stereocenters. The summed E-state index contributed by atoms with van der Waals surface area (Å²) < 4.78 is 0. The lowest BCUT2D eigenvalue weighted by Crippen LogP contribution is -2.33. The molecule has 0 aliphatic carbocycles. The van der Waals surface area contributed by atoms with E-state index in [2.05, 4.69) is 5.16 Å². The van der Waals surface area contributed by atoms with Gasteiger partial charge in [-0.3, -0.25) is 4.79 Å². The zero-order valence-electron chi connectivity index (χ0n) is 10.6. The van der Waals surface area contributed by atoms with Crippen molar-refractivity contribution in [1.29, 1.82) is 0 Å². The number of hydrogen-bond acceptors (Lipinski definition) is 5. The fraction of sp³-hybridized carbons (Fsp3) is 0.333. The summed E-state index contributed by atoms with van der Waals surface area (Å²) >= 11 is 0. The molecule has 0 fully saturated rings. The summed E-state index contributed by atoms with van der Waals surface area (Å²) in [6, 6.07) is 3.69. The number of aromatic hydroxyl groups is 2. The smallest absolute Gasteiger partial charge is 0.254 e. The molecule has 19 heavy (non-hydrogen) atoms. The van der Waals surface area contributed by atoms with Gasteiger partial charge in [-0.15, -0.1) is 0 Å². The minimum atomic E-state index is -0.348. The highest BCUT2D eigenvalue weighted by molar-refractivity contribution is 5.95. The van der Waals surface area contributed by atoms with Gasteiger partial charge in [0.2, 0.25) is 0 Å².